The first-order chi connectivity index (χ1) is 24.6. The Kier molecular flexibility index (Phi) is 17.8. The van der Waals surface area contributed by atoms with Gasteiger partial charge in [-0.2, -0.15) is 26.3 Å². The summed E-state index contributed by atoms with van der Waals surface area (Å²) in [6, 6.07) is 8.91. The molecule has 0 saturated heterocycles. The number of carboxylic acid groups (broad SMARTS) is 2. The van der Waals surface area contributed by atoms with E-state index in [0.29, 0.717) is 66.6 Å². The van der Waals surface area contributed by atoms with Crippen LogP contribution in [-0.4, -0.2) is 70.6 Å². The molecule has 0 aliphatic rings. The predicted molar refractivity (Wildman–Crippen MR) is 183 cm³/mol. The second-order valence-corrected chi connectivity index (χ2v) is 11.4. The van der Waals surface area contributed by atoms with Crippen LogP contribution in [0.4, 0.5) is 37.7 Å². The minimum absolute atomic E-state index is 0.166. The predicted octanol–water partition coefficient (Wildman–Crippen LogP) is 6.08. The maximum absolute atomic E-state index is 12.6. The summed E-state index contributed by atoms with van der Waals surface area (Å²) in [5.41, 5.74) is 16.0. The number of ether oxygens (including phenoxy) is 2. The molecule has 3 rings (SSSR count). The van der Waals surface area contributed by atoms with Gasteiger partial charge in [0, 0.05) is 29.9 Å². The van der Waals surface area contributed by atoms with E-state index in [1.54, 1.807) is 6.07 Å². The van der Waals surface area contributed by atoms with Crippen molar-refractivity contribution in [3.63, 3.8) is 0 Å². The Morgan fingerprint density at radius 2 is 1.42 bits per heavy atom. The third-order valence-electron chi connectivity index (χ3n) is 7.01. The molecule has 8 N–H and O–H groups in total. The maximum atomic E-state index is 12.6. The van der Waals surface area contributed by atoms with Crippen molar-refractivity contribution in [3.05, 3.63) is 53.2 Å². The van der Waals surface area contributed by atoms with E-state index >= 15 is 0 Å². The van der Waals surface area contributed by atoms with Gasteiger partial charge < -0.3 is 41.8 Å². The number of nitrogens with zero attached hydrogens (tertiary/aromatic N) is 1. The number of amides is 2. The average Bonchev–Trinajstić information content (AvgIpc) is 3.06. The number of primary amides is 1. The Morgan fingerprint density at radius 3 is 1.87 bits per heavy atom. The molecule has 0 saturated carbocycles. The lowest BCUT2D eigenvalue weighted by Crippen LogP contribution is -2.40. The molecule has 1 heterocycles. The van der Waals surface area contributed by atoms with E-state index in [1.165, 1.54) is 6.20 Å². The number of fused-ring (bicyclic) bond motifs is 1. The minimum Gasteiger partial charge on any atom is -0.490 e. The number of carbonyl (C=O) groups excluding carboxylic acids is 2. The summed E-state index contributed by atoms with van der Waals surface area (Å²) in [6.07, 6.45) is -6.46. The van der Waals surface area contributed by atoms with Gasteiger partial charge in [-0.1, -0.05) is 32.9 Å². The fourth-order valence-electron chi connectivity index (χ4n) is 4.49. The molecule has 0 radical (unpaired) electrons. The minimum atomic E-state index is -5.08. The highest BCUT2D eigenvalue weighted by atomic mass is 19.4. The van der Waals surface area contributed by atoms with Crippen molar-refractivity contribution in [1.82, 2.24) is 10.3 Å². The molecule has 0 unspecified atom stereocenters. The number of carboxylic acids is 2. The SMILES string of the molecule is CCOc1cc2ncc(C(N)=O)c(Nc3cccc(CNC(=O)[C@@H](N)CCC(C)C)c3CC)c2cc1OCC.O=C(O)C(F)(F)F.O=C(O)C(F)(F)F. The number of carbonyl (C=O) groups is 4. The number of nitrogens with two attached hydrogens (primary N) is 2. The second-order valence-electron chi connectivity index (χ2n) is 11.4. The summed E-state index contributed by atoms with van der Waals surface area (Å²) < 4.78 is 75.1. The van der Waals surface area contributed by atoms with E-state index in [0.717, 1.165) is 23.2 Å². The summed E-state index contributed by atoms with van der Waals surface area (Å²) in [5.74, 6) is -4.66. The van der Waals surface area contributed by atoms with Gasteiger partial charge in [-0.15, -0.1) is 0 Å². The van der Waals surface area contributed by atoms with E-state index in [9.17, 15) is 35.9 Å². The third kappa shape index (κ3) is 14.7. The van der Waals surface area contributed by atoms with Gasteiger partial charge in [0.15, 0.2) is 11.5 Å². The highest BCUT2D eigenvalue weighted by Gasteiger charge is 2.39. The van der Waals surface area contributed by atoms with Crippen LogP contribution in [0.25, 0.3) is 10.9 Å². The Hall–Kier alpha value is -5.33. The van der Waals surface area contributed by atoms with Gasteiger partial charge in [0.1, 0.15) is 0 Å². The molecule has 3 aromatic rings. The number of alkyl halides is 6. The monoisotopic (exact) mass is 763 g/mol. The number of anilines is 2. The molecule has 294 valence electrons. The fraction of sp³-hybridized carbons (Fsp3) is 0.441. The van der Waals surface area contributed by atoms with Gasteiger partial charge in [-0.05, 0) is 62.3 Å². The van der Waals surface area contributed by atoms with Crippen LogP contribution in [0.5, 0.6) is 11.5 Å². The van der Waals surface area contributed by atoms with E-state index in [4.69, 9.17) is 40.7 Å². The number of aliphatic carboxylic acids is 2. The third-order valence-corrected chi connectivity index (χ3v) is 7.01. The first-order valence-electron chi connectivity index (χ1n) is 16.1. The number of pyridine rings is 1. The zero-order chi connectivity index (χ0) is 40.7. The molecular formula is C34H43F6N5O8. The van der Waals surface area contributed by atoms with Crippen LogP contribution in [0.3, 0.4) is 0 Å². The van der Waals surface area contributed by atoms with Crippen LogP contribution >= 0.6 is 0 Å². The van der Waals surface area contributed by atoms with Crippen LogP contribution in [0.1, 0.15) is 68.9 Å². The molecule has 1 aromatic heterocycles. The summed E-state index contributed by atoms with van der Waals surface area (Å²) in [6.45, 7) is 11.3. The fourth-order valence-corrected chi connectivity index (χ4v) is 4.49. The zero-order valence-electron chi connectivity index (χ0n) is 29.6. The number of hydrogen-bond donors (Lipinski definition) is 6. The van der Waals surface area contributed by atoms with Crippen molar-refractivity contribution in [2.75, 3.05) is 18.5 Å². The van der Waals surface area contributed by atoms with Crippen LogP contribution in [-0.2, 0) is 27.3 Å². The zero-order valence-corrected chi connectivity index (χ0v) is 29.6. The van der Waals surface area contributed by atoms with Gasteiger partial charge in [0.2, 0.25) is 5.91 Å². The van der Waals surface area contributed by atoms with Crippen molar-refractivity contribution in [1.29, 1.82) is 0 Å². The topological polar surface area (TPSA) is 216 Å². The number of rotatable bonds is 14. The van der Waals surface area contributed by atoms with Gasteiger partial charge >= 0.3 is 24.3 Å². The van der Waals surface area contributed by atoms with Crippen molar-refractivity contribution in [3.8, 4) is 11.5 Å². The van der Waals surface area contributed by atoms with E-state index in [-0.39, 0.29) is 11.5 Å². The van der Waals surface area contributed by atoms with Gasteiger partial charge in [0.25, 0.3) is 5.91 Å². The lowest BCUT2D eigenvalue weighted by atomic mass is 10.0. The summed E-state index contributed by atoms with van der Waals surface area (Å²) >= 11 is 0. The molecule has 0 bridgehead atoms. The smallest absolute Gasteiger partial charge is 0.490 e. The number of aromatic nitrogens is 1. The Morgan fingerprint density at radius 1 is 0.887 bits per heavy atom. The quantitative estimate of drug-likeness (QED) is 0.103. The van der Waals surface area contributed by atoms with Crippen LogP contribution in [0.2, 0.25) is 0 Å². The number of benzene rings is 2. The van der Waals surface area contributed by atoms with E-state index in [2.05, 4.69) is 29.5 Å². The van der Waals surface area contributed by atoms with Crippen molar-refractivity contribution >= 4 is 46.0 Å². The van der Waals surface area contributed by atoms with E-state index < -0.39 is 36.2 Å². The second kappa shape index (κ2) is 20.6. The maximum Gasteiger partial charge on any atom is 0.490 e. The normalized spacial score (nSPS) is 11.7. The van der Waals surface area contributed by atoms with Crippen LogP contribution < -0.4 is 31.6 Å². The molecule has 0 aliphatic carbocycles. The number of halogens is 6. The highest BCUT2D eigenvalue weighted by molar-refractivity contribution is 6.08. The van der Waals surface area contributed by atoms with Crippen molar-refractivity contribution in [2.24, 2.45) is 17.4 Å². The average molecular weight is 764 g/mol. The van der Waals surface area contributed by atoms with Crippen molar-refractivity contribution < 1.29 is 65.2 Å². The lowest BCUT2D eigenvalue weighted by Gasteiger charge is -2.20. The largest absolute Gasteiger partial charge is 0.490 e. The Labute approximate surface area is 301 Å². The summed E-state index contributed by atoms with van der Waals surface area (Å²) in [4.78, 5) is 47.3. The molecule has 13 nitrogen and oxygen atoms in total. The van der Waals surface area contributed by atoms with Crippen LogP contribution in [0, 0.1) is 5.92 Å². The molecule has 19 heteroatoms. The van der Waals surface area contributed by atoms with Gasteiger partial charge in [-0.25, -0.2) is 9.59 Å². The molecule has 2 aromatic carbocycles. The first-order valence-corrected chi connectivity index (χ1v) is 16.1. The first kappa shape index (κ1) is 45.7. The van der Waals surface area contributed by atoms with Gasteiger partial charge in [-0.3, -0.25) is 14.6 Å². The molecule has 2 amide bonds. The Balaban J connectivity index is 0.000000845. The molecule has 53 heavy (non-hydrogen) atoms. The molecule has 0 aliphatic heterocycles. The summed E-state index contributed by atoms with van der Waals surface area (Å²) in [7, 11) is 0. The Bertz CT molecular complexity index is 1690. The number of hydrogen-bond acceptors (Lipinski definition) is 9. The molecule has 1 atom stereocenters. The van der Waals surface area contributed by atoms with Crippen molar-refractivity contribution in [2.45, 2.75) is 78.8 Å². The lowest BCUT2D eigenvalue weighted by molar-refractivity contribution is -0.193. The number of nitrogens with one attached hydrogen (secondary N) is 2. The van der Waals surface area contributed by atoms with Gasteiger partial charge in [0.05, 0.1) is 36.0 Å². The van der Waals surface area contributed by atoms with E-state index in [1.807, 2.05) is 45.0 Å². The highest BCUT2D eigenvalue weighted by Crippen LogP contribution is 2.38. The molecule has 0 spiro atoms. The molecular weight excluding hydrogens is 720 g/mol. The molecule has 0 fully saturated rings. The van der Waals surface area contributed by atoms with Crippen LogP contribution in [0.15, 0.2) is 36.5 Å². The standard InChI is InChI=1S/C30H41N5O4.2C2HF3O2/c1-6-20-19(16-34-30(37)23(31)13-12-18(4)5)10-9-11-24(20)35-28-21-14-26(38-7-2)27(39-8-3)15-25(21)33-17-22(28)29(32)36;2*3-2(4,5)1(6)7/h9-11,14-15,17-18,23H,6-8,12-13,16,31H2,1-5H3,(H2,32,36)(H,33,35)(H,34,37);2*(H,6,7)/t23-;;/m0../s1. The summed E-state index contributed by atoms with van der Waals surface area (Å²) in [5, 5.41) is 21.4.